The van der Waals surface area contributed by atoms with Gasteiger partial charge in [0.25, 0.3) is 0 Å². The SMILES string of the molecule is CC(=O)C(CCC(=O)O)C(C)C(=O)O. The zero-order valence-corrected chi connectivity index (χ0v) is 8.19. The number of rotatable bonds is 6. The van der Waals surface area contributed by atoms with Crippen LogP contribution in [-0.4, -0.2) is 27.9 Å². The molecule has 0 aliphatic carbocycles. The van der Waals surface area contributed by atoms with E-state index in [-0.39, 0.29) is 18.6 Å². The topological polar surface area (TPSA) is 91.7 Å². The molecule has 0 saturated heterocycles. The van der Waals surface area contributed by atoms with Crippen LogP contribution in [0.1, 0.15) is 26.7 Å². The molecule has 0 heterocycles. The van der Waals surface area contributed by atoms with Crippen molar-refractivity contribution in [3.63, 3.8) is 0 Å². The fourth-order valence-electron chi connectivity index (χ4n) is 1.26. The summed E-state index contributed by atoms with van der Waals surface area (Å²) in [7, 11) is 0. The van der Waals surface area contributed by atoms with E-state index in [1.54, 1.807) is 0 Å². The van der Waals surface area contributed by atoms with Crippen LogP contribution in [0.15, 0.2) is 0 Å². The van der Waals surface area contributed by atoms with Gasteiger partial charge in [-0.1, -0.05) is 6.92 Å². The molecule has 80 valence electrons. The molecule has 0 bridgehead atoms. The van der Waals surface area contributed by atoms with Crippen LogP contribution in [0.3, 0.4) is 0 Å². The van der Waals surface area contributed by atoms with Crippen LogP contribution in [0.5, 0.6) is 0 Å². The van der Waals surface area contributed by atoms with Gasteiger partial charge in [-0.15, -0.1) is 0 Å². The average Bonchev–Trinajstić information content (AvgIpc) is 2.02. The second-order valence-electron chi connectivity index (χ2n) is 3.28. The summed E-state index contributed by atoms with van der Waals surface area (Å²) in [4.78, 5) is 31.9. The van der Waals surface area contributed by atoms with Gasteiger partial charge >= 0.3 is 11.9 Å². The lowest BCUT2D eigenvalue weighted by atomic mass is 9.87. The number of carboxylic acid groups (broad SMARTS) is 2. The molecule has 0 amide bonds. The first-order valence-electron chi connectivity index (χ1n) is 4.31. The van der Waals surface area contributed by atoms with Crippen molar-refractivity contribution in [1.82, 2.24) is 0 Å². The third-order valence-corrected chi connectivity index (χ3v) is 2.18. The first-order valence-corrected chi connectivity index (χ1v) is 4.31. The molecule has 14 heavy (non-hydrogen) atoms. The van der Waals surface area contributed by atoms with E-state index in [4.69, 9.17) is 10.2 Å². The summed E-state index contributed by atoms with van der Waals surface area (Å²) < 4.78 is 0. The standard InChI is InChI=1S/C9H14O5/c1-5(9(13)14)7(6(2)10)3-4-8(11)12/h5,7H,3-4H2,1-2H3,(H,11,12)(H,13,14). The van der Waals surface area contributed by atoms with Gasteiger partial charge in [0.2, 0.25) is 0 Å². The van der Waals surface area contributed by atoms with Crippen molar-refractivity contribution in [3.8, 4) is 0 Å². The Labute approximate surface area is 81.7 Å². The van der Waals surface area contributed by atoms with E-state index in [0.29, 0.717) is 0 Å². The van der Waals surface area contributed by atoms with Crippen LogP contribution in [0.2, 0.25) is 0 Å². The van der Waals surface area contributed by atoms with Crippen molar-refractivity contribution in [2.24, 2.45) is 11.8 Å². The summed E-state index contributed by atoms with van der Waals surface area (Å²) in [5.41, 5.74) is 0. The minimum Gasteiger partial charge on any atom is -0.481 e. The van der Waals surface area contributed by atoms with Crippen LogP contribution in [0, 0.1) is 11.8 Å². The number of carboxylic acids is 2. The molecule has 0 saturated carbocycles. The Morgan fingerprint density at radius 2 is 1.71 bits per heavy atom. The summed E-state index contributed by atoms with van der Waals surface area (Å²) >= 11 is 0. The summed E-state index contributed by atoms with van der Waals surface area (Å²) in [6.07, 6.45) is -0.0972. The lowest BCUT2D eigenvalue weighted by molar-refractivity contribution is -0.147. The van der Waals surface area contributed by atoms with Gasteiger partial charge < -0.3 is 10.2 Å². The molecule has 5 nitrogen and oxygen atoms in total. The van der Waals surface area contributed by atoms with Crippen molar-refractivity contribution in [3.05, 3.63) is 0 Å². The maximum absolute atomic E-state index is 11.0. The molecule has 5 heteroatoms. The summed E-state index contributed by atoms with van der Waals surface area (Å²) in [6.45, 7) is 2.70. The van der Waals surface area contributed by atoms with E-state index in [9.17, 15) is 14.4 Å². The van der Waals surface area contributed by atoms with E-state index in [0.717, 1.165) is 0 Å². The molecule has 0 radical (unpaired) electrons. The van der Waals surface area contributed by atoms with Crippen molar-refractivity contribution >= 4 is 17.7 Å². The fourth-order valence-corrected chi connectivity index (χ4v) is 1.26. The molecule has 0 aliphatic heterocycles. The average molecular weight is 202 g/mol. The van der Waals surface area contributed by atoms with Crippen molar-refractivity contribution in [2.45, 2.75) is 26.7 Å². The van der Waals surface area contributed by atoms with Crippen molar-refractivity contribution in [1.29, 1.82) is 0 Å². The van der Waals surface area contributed by atoms with Crippen LogP contribution < -0.4 is 0 Å². The minimum atomic E-state index is -1.07. The van der Waals surface area contributed by atoms with E-state index in [1.807, 2.05) is 0 Å². The predicted molar refractivity (Wildman–Crippen MR) is 47.8 cm³/mol. The Morgan fingerprint density at radius 3 is 2.00 bits per heavy atom. The van der Waals surface area contributed by atoms with Crippen molar-refractivity contribution in [2.75, 3.05) is 0 Å². The first-order chi connectivity index (χ1) is 6.36. The molecule has 2 N–H and O–H groups in total. The largest absolute Gasteiger partial charge is 0.481 e. The van der Waals surface area contributed by atoms with Gasteiger partial charge in [0.05, 0.1) is 5.92 Å². The Balaban J connectivity index is 4.37. The molecule has 2 unspecified atom stereocenters. The first kappa shape index (κ1) is 12.6. The van der Waals surface area contributed by atoms with E-state index in [2.05, 4.69) is 0 Å². The number of aliphatic carboxylic acids is 2. The third kappa shape index (κ3) is 4.02. The molecule has 0 aromatic carbocycles. The summed E-state index contributed by atoms with van der Waals surface area (Å²) in [5.74, 6) is -3.90. The summed E-state index contributed by atoms with van der Waals surface area (Å²) in [6, 6.07) is 0. The number of hydrogen-bond donors (Lipinski definition) is 2. The molecular weight excluding hydrogens is 188 g/mol. The highest BCUT2D eigenvalue weighted by Gasteiger charge is 2.27. The maximum atomic E-state index is 11.0. The monoisotopic (exact) mass is 202 g/mol. The van der Waals surface area contributed by atoms with E-state index >= 15 is 0 Å². The number of hydrogen-bond acceptors (Lipinski definition) is 3. The van der Waals surface area contributed by atoms with E-state index < -0.39 is 23.8 Å². The second-order valence-corrected chi connectivity index (χ2v) is 3.28. The van der Waals surface area contributed by atoms with Gasteiger partial charge in [-0.25, -0.2) is 0 Å². The third-order valence-electron chi connectivity index (χ3n) is 2.18. The number of carbonyl (C=O) groups excluding carboxylic acids is 1. The molecule has 0 fully saturated rings. The molecule has 0 aliphatic rings. The smallest absolute Gasteiger partial charge is 0.306 e. The molecular formula is C9H14O5. The van der Waals surface area contributed by atoms with Gasteiger partial charge in [-0.05, 0) is 13.3 Å². The zero-order chi connectivity index (χ0) is 11.3. The van der Waals surface area contributed by atoms with E-state index in [1.165, 1.54) is 13.8 Å². The Hall–Kier alpha value is -1.39. The van der Waals surface area contributed by atoms with Crippen LogP contribution >= 0.6 is 0 Å². The molecule has 0 spiro atoms. The second kappa shape index (κ2) is 5.36. The molecule has 0 aromatic rings. The normalized spacial score (nSPS) is 14.4. The summed E-state index contributed by atoms with van der Waals surface area (Å²) in [5, 5.41) is 17.1. The zero-order valence-electron chi connectivity index (χ0n) is 8.19. The lowest BCUT2D eigenvalue weighted by Gasteiger charge is -2.16. The van der Waals surface area contributed by atoms with Gasteiger partial charge in [0, 0.05) is 12.3 Å². The Morgan fingerprint density at radius 1 is 1.21 bits per heavy atom. The molecule has 0 aromatic heterocycles. The highest BCUT2D eigenvalue weighted by molar-refractivity contribution is 5.84. The minimum absolute atomic E-state index is 0.0815. The van der Waals surface area contributed by atoms with Crippen LogP contribution in [0.4, 0.5) is 0 Å². The number of Topliss-reactive ketones (excluding diaryl/α,β-unsaturated/α-hetero) is 1. The Bertz CT molecular complexity index is 246. The fraction of sp³-hybridized carbons (Fsp3) is 0.667. The number of carbonyl (C=O) groups is 3. The molecule has 0 rings (SSSR count). The van der Waals surface area contributed by atoms with Crippen LogP contribution in [-0.2, 0) is 14.4 Å². The predicted octanol–water partition coefficient (Wildman–Crippen LogP) is 0.777. The van der Waals surface area contributed by atoms with Gasteiger partial charge in [0.1, 0.15) is 5.78 Å². The van der Waals surface area contributed by atoms with Crippen LogP contribution in [0.25, 0.3) is 0 Å². The lowest BCUT2D eigenvalue weighted by Crippen LogP contribution is -2.26. The Kier molecular flexibility index (Phi) is 4.83. The van der Waals surface area contributed by atoms with Gasteiger partial charge in [-0.2, -0.15) is 0 Å². The quantitative estimate of drug-likeness (QED) is 0.664. The highest BCUT2D eigenvalue weighted by Crippen LogP contribution is 2.19. The van der Waals surface area contributed by atoms with Gasteiger partial charge in [-0.3, -0.25) is 14.4 Å². The van der Waals surface area contributed by atoms with Gasteiger partial charge in [0.15, 0.2) is 0 Å². The maximum Gasteiger partial charge on any atom is 0.306 e. The van der Waals surface area contributed by atoms with Crippen molar-refractivity contribution < 1.29 is 24.6 Å². The molecule has 2 atom stereocenters. The number of ketones is 1. The highest BCUT2D eigenvalue weighted by atomic mass is 16.4.